The van der Waals surface area contributed by atoms with Gasteiger partial charge in [0, 0.05) is 18.3 Å². The smallest absolute Gasteiger partial charge is 0.120 e. The number of para-hydroxylation sites is 2. The molecule has 1 N–H and O–H groups in total. The maximum atomic E-state index is 9.85. The van der Waals surface area contributed by atoms with Crippen LogP contribution < -0.4 is 4.90 Å². The minimum atomic E-state index is 0.138. The molecule has 88 valence electrons. The standard InChI is InChI=1S/C15H17NO/c1-12(14-10-6-7-11-15(14)17)16(2)13-8-4-3-5-9-13/h3-12,17H,1-2H3. The molecule has 0 radical (unpaired) electrons. The lowest BCUT2D eigenvalue weighted by Crippen LogP contribution is -2.21. The van der Waals surface area contributed by atoms with E-state index < -0.39 is 0 Å². The summed E-state index contributed by atoms with van der Waals surface area (Å²) in [4.78, 5) is 2.15. The van der Waals surface area contributed by atoms with Crippen LogP contribution in [-0.4, -0.2) is 12.2 Å². The molecule has 1 unspecified atom stereocenters. The van der Waals surface area contributed by atoms with E-state index in [-0.39, 0.29) is 6.04 Å². The first-order valence-corrected chi connectivity index (χ1v) is 5.76. The minimum Gasteiger partial charge on any atom is -0.508 e. The van der Waals surface area contributed by atoms with Crippen molar-refractivity contribution in [3.63, 3.8) is 0 Å². The molecule has 0 aliphatic rings. The second-order valence-corrected chi connectivity index (χ2v) is 4.18. The zero-order valence-electron chi connectivity index (χ0n) is 10.2. The predicted molar refractivity (Wildman–Crippen MR) is 71.4 cm³/mol. The Morgan fingerprint density at radius 2 is 1.53 bits per heavy atom. The van der Waals surface area contributed by atoms with Crippen molar-refractivity contribution in [3.05, 3.63) is 60.2 Å². The molecule has 0 aliphatic heterocycles. The maximum absolute atomic E-state index is 9.85. The highest BCUT2D eigenvalue weighted by atomic mass is 16.3. The average molecular weight is 227 g/mol. The average Bonchev–Trinajstić information content (AvgIpc) is 2.39. The molecule has 0 fully saturated rings. The summed E-state index contributed by atoms with van der Waals surface area (Å²) < 4.78 is 0. The van der Waals surface area contributed by atoms with Crippen molar-refractivity contribution < 1.29 is 5.11 Å². The molecule has 0 aliphatic carbocycles. The predicted octanol–water partition coefficient (Wildman–Crippen LogP) is 3.59. The van der Waals surface area contributed by atoms with E-state index in [1.807, 2.05) is 43.4 Å². The molecule has 17 heavy (non-hydrogen) atoms. The Balaban J connectivity index is 2.27. The number of phenolic OH excluding ortho intramolecular Hbond substituents is 1. The van der Waals surface area contributed by atoms with Crippen LogP contribution in [0.1, 0.15) is 18.5 Å². The van der Waals surface area contributed by atoms with Crippen LogP contribution in [0.15, 0.2) is 54.6 Å². The van der Waals surface area contributed by atoms with Gasteiger partial charge in [0.25, 0.3) is 0 Å². The molecule has 0 heterocycles. The van der Waals surface area contributed by atoms with Crippen molar-refractivity contribution >= 4 is 5.69 Å². The van der Waals surface area contributed by atoms with Crippen LogP contribution in [0.25, 0.3) is 0 Å². The highest BCUT2D eigenvalue weighted by Crippen LogP contribution is 2.30. The number of nitrogens with zero attached hydrogens (tertiary/aromatic N) is 1. The highest BCUT2D eigenvalue weighted by molar-refractivity contribution is 5.49. The van der Waals surface area contributed by atoms with Gasteiger partial charge in [-0.15, -0.1) is 0 Å². The fraction of sp³-hybridized carbons (Fsp3) is 0.200. The Hall–Kier alpha value is -1.96. The van der Waals surface area contributed by atoms with Gasteiger partial charge in [-0.05, 0) is 25.1 Å². The fourth-order valence-corrected chi connectivity index (χ4v) is 1.94. The first-order chi connectivity index (χ1) is 8.20. The quantitative estimate of drug-likeness (QED) is 0.866. The van der Waals surface area contributed by atoms with Crippen LogP contribution in [0.4, 0.5) is 5.69 Å². The molecule has 2 aromatic rings. The molecule has 0 saturated carbocycles. The van der Waals surface area contributed by atoms with Crippen molar-refractivity contribution in [1.82, 2.24) is 0 Å². The van der Waals surface area contributed by atoms with Crippen molar-refractivity contribution in [2.75, 3.05) is 11.9 Å². The Kier molecular flexibility index (Phi) is 3.33. The largest absolute Gasteiger partial charge is 0.508 e. The number of benzene rings is 2. The summed E-state index contributed by atoms with van der Waals surface area (Å²) in [5, 5.41) is 9.85. The van der Waals surface area contributed by atoms with E-state index in [4.69, 9.17) is 0 Å². The Morgan fingerprint density at radius 3 is 2.18 bits per heavy atom. The summed E-state index contributed by atoms with van der Waals surface area (Å²) in [5.74, 6) is 0.350. The first kappa shape index (κ1) is 11.5. The van der Waals surface area contributed by atoms with E-state index in [9.17, 15) is 5.11 Å². The zero-order valence-corrected chi connectivity index (χ0v) is 10.2. The Morgan fingerprint density at radius 1 is 0.941 bits per heavy atom. The summed E-state index contributed by atoms with van der Waals surface area (Å²) in [7, 11) is 2.03. The van der Waals surface area contributed by atoms with Gasteiger partial charge in [-0.25, -0.2) is 0 Å². The van der Waals surface area contributed by atoms with E-state index in [0.717, 1.165) is 11.3 Å². The maximum Gasteiger partial charge on any atom is 0.120 e. The van der Waals surface area contributed by atoms with E-state index >= 15 is 0 Å². The van der Waals surface area contributed by atoms with Gasteiger partial charge in [0.05, 0.1) is 6.04 Å². The molecule has 0 bridgehead atoms. The van der Waals surface area contributed by atoms with E-state index in [2.05, 4.69) is 24.0 Å². The van der Waals surface area contributed by atoms with Gasteiger partial charge < -0.3 is 10.0 Å². The third-order valence-electron chi connectivity index (χ3n) is 3.13. The van der Waals surface area contributed by atoms with Crippen LogP contribution in [0.2, 0.25) is 0 Å². The third-order valence-corrected chi connectivity index (χ3v) is 3.13. The summed E-state index contributed by atoms with van der Waals surface area (Å²) in [6.07, 6.45) is 0. The van der Waals surface area contributed by atoms with Crippen LogP contribution >= 0.6 is 0 Å². The molecule has 2 heteroatoms. The van der Waals surface area contributed by atoms with Crippen molar-refractivity contribution in [3.8, 4) is 5.75 Å². The lowest BCUT2D eigenvalue weighted by atomic mass is 10.1. The lowest BCUT2D eigenvalue weighted by molar-refractivity contribution is 0.462. The van der Waals surface area contributed by atoms with Gasteiger partial charge in [-0.3, -0.25) is 0 Å². The molecular formula is C15H17NO. The summed E-state index contributed by atoms with van der Waals surface area (Å²) in [6.45, 7) is 2.09. The van der Waals surface area contributed by atoms with Gasteiger partial charge in [-0.1, -0.05) is 36.4 Å². The van der Waals surface area contributed by atoms with Crippen molar-refractivity contribution in [2.24, 2.45) is 0 Å². The van der Waals surface area contributed by atoms with Gasteiger partial charge in [0.2, 0.25) is 0 Å². The second-order valence-electron chi connectivity index (χ2n) is 4.18. The number of rotatable bonds is 3. The van der Waals surface area contributed by atoms with Gasteiger partial charge in [0.15, 0.2) is 0 Å². The number of phenols is 1. The molecule has 2 rings (SSSR count). The molecular weight excluding hydrogens is 210 g/mol. The number of aromatic hydroxyl groups is 1. The lowest BCUT2D eigenvalue weighted by Gasteiger charge is -2.27. The summed E-state index contributed by atoms with van der Waals surface area (Å²) in [5.41, 5.74) is 2.09. The zero-order chi connectivity index (χ0) is 12.3. The minimum absolute atomic E-state index is 0.138. The van der Waals surface area contributed by atoms with Gasteiger partial charge >= 0.3 is 0 Å². The van der Waals surface area contributed by atoms with Crippen LogP contribution in [0.5, 0.6) is 5.75 Å². The highest BCUT2D eigenvalue weighted by Gasteiger charge is 2.14. The third kappa shape index (κ3) is 2.41. The van der Waals surface area contributed by atoms with Crippen molar-refractivity contribution in [1.29, 1.82) is 0 Å². The summed E-state index contributed by atoms with van der Waals surface area (Å²) in [6, 6.07) is 17.8. The number of hydrogen-bond donors (Lipinski definition) is 1. The second kappa shape index (κ2) is 4.91. The van der Waals surface area contributed by atoms with E-state index in [1.165, 1.54) is 0 Å². The van der Waals surface area contributed by atoms with Gasteiger partial charge in [0.1, 0.15) is 5.75 Å². The van der Waals surface area contributed by atoms with Crippen LogP contribution in [-0.2, 0) is 0 Å². The van der Waals surface area contributed by atoms with Gasteiger partial charge in [-0.2, -0.15) is 0 Å². The van der Waals surface area contributed by atoms with E-state index in [0.29, 0.717) is 5.75 Å². The molecule has 0 saturated heterocycles. The molecule has 0 aromatic heterocycles. The Labute approximate surface area is 102 Å². The molecule has 0 amide bonds. The number of hydrogen-bond acceptors (Lipinski definition) is 2. The molecule has 0 spiro atoms. The molecule has 2 aromatic carbocycles. The normalized spacial score (nSPS) is 12.1. The Bertz CT molecular complexity index is 481. The number of anilines is 1. The fourth-order valence-electron chi connectivity index (χ4n) is 1.94. The van der Waals surface area contributed by atoms with Crippen LogP contribution in [0, 0.1) is 0 Å². The monoisotopic (exact) mass is 227 g/mol. The molecule has 2 nitrogen and oxygen atoms in total. The summed E-state index contributed by atoms with van der Waals surface area (Å²) >= 11 is 0. The van der Waals surface area contributed by atoms with Crippen molar-refractivity contribution in [2.45, 2.75) is 13.0 Å². The molecule has 1 atom stereocenters. The SMILES string of the molecule is CC(c1ccccc1O)N(C)c1ccccc1. The topological polar surface area (TPSA) is 23.5 Å². The van der Waals surface area contributed by atoms with E-state index in [1.54, 1.807) is 6.07 Å². The van der Waals surface area contributed by atoms with Crippen LogP contribution in [0.3, 0.4) is 0 Å². The first-order valence-electron chi connectivity index (χ1n) is 5.76.